The molecule has 1 fully saturated rings. The van der Waals surface area contributed by atoms with Gasteiger partial charge in [0.2, 0.25) is 5.91 Å². The number of hydrogen-bond acceptors (Lipinski definition) is 6. The van der Waals surface area contributed by atoms with Crippen LogP contribution in [0.15, 0.2) is 48.7 Å². The minimum absolute atomic E-state index is 0.0211. The Bertz CT molecular complexity index is 1350. The molecule has 1 unspecified atom stereocenters. The van der Waals surface area contributed by atoms with Gasteiger partial charge in [0.05, 0.1) is 18.3 Å². The first kappa shape index (κ1) is 19.6. The van der Waals surface area contributed by atoms with Gasteiger partial charge in [-0.3, -0.25) is 14.6 Å². The van der Waals surface area contributed by atoms with Crippen LogP contribution in [0.25, 0.3) is 10.9 Å². The number of rotatable bonds is 6. The van der Waals surface area contributed by atoms with Gasteiger partial charge in [0.25, 0.3) is 0 Å². The van der Waals surface area contributed by atoms with Crippen LogP contribution >= 0.6 is 0 Å². The highest BCUT2D eigenvalue weighted by atomic mass is 16.5. The number of anilines is 3. The van der Waals surface area contributed by atoms with E-state index in [9.17, 15) is 10.1 Å². The Morgan fingerprint density at radius 2 is 2.09 bits per heavy atom. The number of benzene rings is 2. The Kier molecular flexibility index (Phi) is 4.75. The molecule has 0 spiro atoms. The molecule has 0 radical (unpaired) electrons. The van der Waals surface area contributed by atoms with Gasteiger partial charge in [-0.15, -0.1) is 0 Å². The van der Waals surface area contributed by atoms with Crippen molar-refractivity contribution in [3.05, 3.63) is 59.9 Å². The van der Waals surface area contributed by atoms with E-state index >= 15 is 0 Å². The molecule has 1 amide bonds. The molecular formula is C23H21N7O2. The maximum absolute atomic E-state index is 12.6. The standard InChI is InChI=1S/C23H21N7O2/c1-30-12-21(20(11-24)29-30)26-22-16-8-3-13(9-19(16)27-28-22)17-10-18(17)23(31)25-14-4-6-15(32-2)7-5-14/h3-9,12,17-18H,10H2,1-2H3,(H,25,31)(H2,26,27,28)/t17-,18?/m0/s1. The van der Waals surface area contributed by atoms with Crippen LogP contribution in [-0.2, 0) is 11.8 Å². The van der Waals surface area contributed by atoms with Gasteiger partial charge in [-0.05, 0) is 54.3 Å². The predicted octanol–water partition coefficient (Wildman–Crippen LogP) is 3.66. The first-order valence-electron chi connectivity index (χ1n) is 10.2. The van der Waals surface area contributed by atoms with Crippen molar-refractivity contribution < 1.29 is 9.53 Å². The summed E-state index contributed by atoms with van der Waals surface area (Å²) in [4.78, 5) is 12.6. The Labute approximate surface area is 184 Å². The van der Waals surface area contributed by atoms with E-state index in [1.165, 1.54) is 0 Å². The van der Waals surface area contributed by atoms with E-state index in [1.807, 2.05) is 42.5 Å². The number of aromatic amines is 1. The topological polar surface area (TPSA) is 121 Å². The van der Waals surface area contributed by atoms with Gasteiger partial charge >= 0.3 is 0 Å². The molecule has 9 nitrogen and oxygen atoms in total. The average molecular weight is 427 g/mol. The number of methoxy groups -OCH3 is 1. The summed E-state index contributed by atoms with van der Waals surface area (Å²) in [5.41, 5.74) is 3.64. The van der Waals surface area contributed by atoms with Crippen LogP contribution in [0.4, 0.5) is 17.2 Å². The molecular weight excluding hydrogens is 406 g/mol. The van der Waals surface area contributed by atoms with Crippen LogP contribution in [0.3, 0.4) is 0 Å². The first-order chi connectivity index (χ1) is 15.6. The van der Waals surface area contributed by atoms with Crippen molar-refractivity contribution in [2.24, 2.45) is 13.0 Å². The Morgan fingerprint density at radius 1 is 1.28 bits per heavy atom. The van der Waals surface area contributed by atoms with E-state index in [-0.39, 0.29) is 17.7 Å². The Morgan fingerprint density at radius 3 is 2.84 bits per heavy atom. The van der Waals surface area contributed by atoms with E-state index in [0.29, 0.717) is 17.2 Å². The van der Waals surface area contributed by atoms with Gasteiger partial charge in [-0.1, -0.05) is 6.07 Å². The molecule has 5 rings (SSSR count). The van der Waals surface area contributed by atoms with Crippen molar-refractivity contribution >= 4 is 34.0 Å². The second-order valence-corrected chi connectivity index (χ2v) is 7.85. The van der Waals surface area contributed by atoms with Crippen molar-refractivity contribution in [2.75, 3.05) is 17.7 Å². The highest BCUT2D eigenvalue weighted by molar-refractivity contribution is 5.96. The summed E-state index contributed by atoms with van der Waals surface area (Å²) >= 11 is 0. The maximum atomic E-state index is 12.6. The van der Waals surface area contributed by atoms with Crippen LogP contribution < -0.4 is 15.4 Å². The number of fused-ring (bicyclic) bond motifs is 1. The first-order valence-corrected chi connectivity index (χ1v) is 10.2. The lowest BCUT2D eigenvalue weighted by molar-refractivity contribution is -0.117. The molecule has 1 saturated carbocycles. The van der Waals surface area contributed by atoms with Crippen molar-refractivity contribution in [1.29, 1.82) is 5.26 Å². The summed E-state index contributed by atoms with van der Waals surface area (Å²) in [5, 5.41) is 27.8. The Balaban J connectivity index is 1.29. The number of nitrogens with one attached hydrogen (secondary N) is 3. The SMILES string of the molecule is COc1ccc(NC(=O)C2C[C@H]2c2ccc3c(Nc4cn(C)nc4C#N)n[nH]c3c2)cc1. The normalized spacial score (nSPS) is 17.0. The summed E-state index contributed by atoms with van der Waals surface area (Å²) in [6.45, 7) is 0. The van der Waals surface area contributed by atoms with E-state index in [1.54, 1.807) is 25.0 Å². The summed E-state index contributed by atoms with van der Waals surface area (Å²) in [6.07, 6.45) is 2.55. The van der Waals surface area contributed by atoms with Gasteiger partial charge in [0.1, 0.15) is 11.8 Å². The molecule has 0 aliphatic heterocycles. The van der Waals surface area contributed by atoms with Gasteiger partial charge < -0.3 is 15.4 Å². The van der Waals surface area contributed by atoms with Crippen molar-refractivity contribution in [2.45, 2.75) is 12.3 Å². The predicted molar refractivity (Wildman–Crippen MR) is 120 cm³/mol. The molecule has 2 atom stereocenters. The molecule has 9 heteroatoms. The number of aromatic nitrogens is 4. The van der Waals surface area contributed by atoms with Crippen LogP contribution in [0.5, 0.6) is 5.75 Å². The lowest BCUT2D eigenvalue weighted by Gasteiger charge is -2.06. The van der Waals surface area contributed by atoms with Crippen molar-refractivity contribution in [3.8, 4) is 11.8 Å². The Hall–Kier alpha value is -4.32. The number of amides is 1. The summed E-state index contributed by atoms with van der Waals surface area (Å²) in [5.74, 6) is 1.53. The average Bonchev–Trinajstić information content (AvgIpc) is 3.40. The van der Waals surface area contributed by atoms with Gasteiger partial charge in [-0.25, -0.2) is 0 Å². The zero-order valence-electron chi connectivity index (χ0n) is 17.6. The fourth-order valence-electron chi connectivity index (χ4n) is 3.92. The molecule has 32 heavy (non-hydrogen) atoms. The minimum Gasteiger partial charge on any atom is -0.497 e. The van der Waals surface area contributed by atoms with Crippen LogP contribution in [-0.4, -0.2) is 33.0 Å². The van der Waals surface area contributed by atoms with E-state index < -0.39 is 0 Å². The minimum atomic E-state index is -0.0522. The monoisotopic (exact) mass is 427 g/mol. The highest BCUT2D eigenvalue weighted by Gasteiger charge is 2.44. The largest absolute Gasteiger partial charge is 0.497 e. The molecule has 2 heterocycles. The third kappa shape index (κ3) is 3.63. The van der Waals surface area contributed by atoms with E-state index in [0.717, 1.165) is 34.3 Å². The fraction of sp³-hybridized carbons (Fsp3) is 0.217. The molecule has 2 aromatic carbocycles. The molecule has 160 valence electrons. The van der Waals surface area contributed by atoms with Crippen LogP contribution in [0, 0.1) is 17.2 Å². The third-order valence-corrected chi connectivity index (χ3v) is 5.69. The zero-order valence-corrected chi connectivity index (χ0v) is 17.6. The maximum Gasteiger partial charge on any atom is 0.228 e. The smallest absolute Gasteiger partial charge is 0.228 e. The molecule has 4 aromatic rings. The third-order valence-electron chi connectivity index (χ3n) is 5.69. The molecule has 3 N–H and O–H groups in total. The summed E-state index contributed by atoms with van der Waals surface area (Å²) in [7, 11) is 3.37. The molecule has 1 aliphatic rings. The molecule has 0 saturated heterocycles. The summed E-state index contributed by atoms with van der Waals surface area (Å²) in [6, 6.07) is 15.4. The number of aryl methyl sites for hydroxylation is 1. The van der Waals surface area contributed by atoms with Crippen LogP contribution in [0.2, 0.25) is 0 Å². The van der Waals surface area contributed by atoms with Gasteiger partial charge in [-0.2, -0.15) is 15.5 Å². The molecule has 2 aromatic heterocycles. The highest BCUT2D eigenvalue weighted by Crippen LogP contribution is 2.48. The second kappa shape index (κ2) is 7.74. The number of carbonyl (C=O) groups excluding carboxylic acids is 1. The number of hydrogen-bond donors (Lipinski definition) is 3. The van der Waals surface area contributed by atoms with E-state index in [2.05, 4.69) is 32.0 Å². The number of nitrogens with zero attached hydrogens (tertiary/aromatic N) is 4. The molecule has 0 bridgehead atoms. The second-order valence-electron chi connectivity index (χ2n) is 7.85. The van der Waals surface area contributed by atoms with Gasteiger partial charge in [0.15, 0.2) is 11.5 Å². The molecule has 1 aliphatic carbocycles. The van der Waals surface area contributed by atoms with Crippen molar-refractivity contribution in [1.82, 2.24) is 20.0 Å². The lowest BCUT2D eigenvalue weighted by atomic mass is 10.1. The van der Waals surface area contributed by atoms with Crippen LogP contribution in [0.1, 0.15) is 23.6 Å². The van der Waals surface area contributed by atoms with Gasteiger partial charge in [0, 0.05) is 30.2 Å². The number of ether oxygens (including phenoxy) is 1. The quantitative estimate of drug-likeness (QED) is 0.432. The fourth-order valence-corrected chi connectivity index (χ4v) is 3.92. The van der Waals surface area contributed by atoms with Crippen molar-refractivity contribution in [3.63, 3.8) is 0 Å². The lowest BCUT2D eigenvalue weighted by Crippen LogP contribution is -2.14. The number of nitriles is 1. The van der Waals surface area contributed by atoms with E-state index in [4.69, 9.17) is 4.74 Å². The zero-order chi connectivity index (χ0) is 22.2. The number of H-pyrrole nitrogens is 1. The summed E-state index contributed by atoms with van der Waals surface area (Å²) < 4.78 is 6.73. The number of carbonyl (C=O) groups is 1.